The second-order valence-electron chi connectivity index (χ2n) is 5.46. The Morgan fingerprint density at radius 2 is 2.10 bits per heavy atom. The van der Waals surface area contributed by atoms with Crippen LogP contribution < -0.4 is 4.90 Å². The number of carboxylic acid groups (broad SMARTS) is 1. The fraction of sp³-hybridized carbons (Fsp3) is 0.500. The van der Waals surface area contributed by atoms with E-state index in [1.54, 1.807) is 0 Å². The number of aliphatic carboxylic acids is 1. The predicted octanol–water partition coefficient (Wildman–Crippen LogP) is 1.76. The van der Waals surface area contributed by atoms with Gasteiger partial charge in [0.2, 0.25) is 5.91 Å². The van der Waals surface area contributed by atoms with E-state index in [1.165, 1.54) is 5.56 Å². The third kappa shape index (κ3) is 3.61. The van der Waals surface area contributed by atoms with Crippen molar-refractivity contribution < 1.29 is 14.7 Å². The maximum Gasteiger partial charge on any atom is 0.304 e. The summed E-state index contributed by atoms with van der Waals surface area (Å²) >= 11 is 0. The molecule has 0 spiro atoms. The van der Waals surface area contributed by atoms with Gasteiger partial charge in [-0.1, -0.05) is 25.1 Å². The molecule has 0 bridgehead atoms. The van der Waals surface area contributed by atoms with Crippen molar-refractivity contribution >= 4 is 17.6 Å². The molecule has 1 N–H and O–H groups in total. The number of hydrogen-bond acceptors (Lipinski definition) is 3. The number of hydrogen-bond donors (Lipinski definition) is 1. The number of carbonyl (C=O) groups is 2. The van der Waals surface area contributed by atoms with E-state index in [1.807, 2.05) is 41.8 Å². The molecule has 0 aromatic heterocycles. The Morgan fingerprint density at radius 3 is 2.76 bits per heavy atom. The fourth-order valence-corrected chi connectivity index (χ4v) is 2.82. The smallest absolute Gasteiger partial charge is 0.304 e. The van der Waals surface area contributed by atoms with Crippen LogP contribution in [-0.2, 0) is 16.0 Å². The summed E-state index contributed by atoms with van der Waals surface area (Å²) in [6.45, 7) is 5.33. The summed E-state index contributed by atoms with van der Waals surface area (Å²) in [5.74, 6) is -0.791. The lowest BCUT2D eigenvalue weighted by Crippen LogP contribution is -2.43. The summed E-state index contributed by atoms with van der Waals surface area (Å²) in [5, 5.41) is 8.75. The molecule has 1 aromatic rings. The van der Waals surface area contributed by atoms with Crippen LogP contribution in [0.1, 0.15) is 25.8 Å². The van der Waals surface area contributed by atoms with Crippen molar-refractivity contribution in [2.45, 2.75) is 32.7 Å². The molecule has 0 radical (unpaired) electrons. The van der Waals surface area contributed by atoms with Crippen LogP contribution in [0, 0.1) is 0 Å². The van der Waals surface area contributed by atoms with E-state index in [-0.39, 0.29) is 24.9 Å². The van der Waals surface area contributed by atoms with E-state index >= 15 is 0 Å². The van der Waals surface area contributed by atoms with E-state index < -0.39 is 5.97 Å². The third-order valence-corrected chi connectivity index (χ3v) is 3.92. The number of para-hydroxylation sites is 1. The molecule has 0 aliphatic carbocycles. The van der Waals surface area contributed by atoms with Gasteiger partial charge in [-0.25, -0.2) is 0 Å². The number of rotatable bonds is 6. The van der Waals surface area contributed by atoms with E-state index in [4.69, 9.17) is 5.11 Å². The summed E-state index contributed by atoms with van der Waals surface area (Å²) in [5.41, 5.74) is 2.19. The molecule has 1 aliphatic heterocycles. The van der Waals surface area contributed by atoms with Gasteiger partial charge in [0.25, 0.3) is 0 Å². The maximum absolute atomic E-state index is 12.6. The number of carbonyl (C=O) groups excluding carboxylic acids is 1. The molecule has 5 nitrogen and oxygen atoms in total. The van der Waals surface area contributed by atoms with E-state index in [2.05, 4.69) is 6.07 Å². The fourth-order valence-electron chi connectivity index (χ4n) is 2.82. The lowest BCUT2D eigenvalue weighted by molar-refractivity contribution is -0.137. The molecule has 0 saturated carbocycles. The topological polar surface area (TPSA) is 60.9 Å². The Kier molecular flexibility index (Phi) is 4.96. The van der Waals surface area contributed by atoms with E-state index in [0.29, 0.717) is 13.1 Å². The van der Waals surface area contributed by atoms with E-state index in [0.717, 1.165) is 12.1 Å². The van der Waals surface area contributed by atoms with Crippen molar-refractivity contribution in [3.63, 3.8) is 0 Å². The Balaban J connectivity index is 2.04. The highest BCUT2D eigenvalue weighted by atomic mass is 16.4. The number of fused-ring (bicyclic) bond motifs is 1. The minimum atomic E-state index is -0.833. The van der Waals surface area contributed by atoms with Crippen molar-refractivity contribution in [3.05, 3.63) is 29.8 Å². The van der Waals surface area contributed by atoms with Crippen molar-refractivity contribution in [2.75, 3.05) is 24.5 Å². The molecule has 1 unspecified atom stereocenters. The van der Waals surface area contributed by atoms with Crippen LogP contribution in [0.2, 0.25) is 0 Å². The highest BCUT2D eigenvalue weighted by Crippen LogP contribution is 2.31. The van der Waals surface area contributed by atoms with Crippen LogP contribution in [0.15, 0.2) is 24.3 Å². The highest BCUT2D eigenvalue weighted by molar-refractivity contribution is 5.97. The van der Waals surface area contributed by atoms with Gasteiger partial charge in [-0.15, -0.1) is 0 Å². The van der Waals surface area contributed by atoms with Gasteiger partial charge >= 0.3 is 5.97 Å². The molecule has 1 heterocycles. The minimum absolute atomic E-state index is 0.0414. The summed E-state index contributed by atoms with van der Waals surface area (Å²) in [7, 11) is 0. The molecule has 1 aliphatic rings. The van der Waals surface area contributed by atoms with Crippen molar-refractivity contribution in [3.8, 4) is 0 Å². The SMILES string of the molecule is CCN(CCC(=O)O)CC(=O)N1c2ccccc2CC1C. The molecule has 1 atom stereocenters. The third-order valence-electron chi connectivity index (χ3n) is 3.92. The molecule has 1 amide bonds. The van der Waals surface area contributed by atoms with E-state index in [9.17, 15) is 9.59 Å². The highest BCUT2D eigenvalue weighted by Gasteiger charge is 2.30. The first kappa shape index (κ1) is 15.5. The molecule has 114 valence electrons. The number of carboxylic acids is 1. The average Bonchev–Trinajstić information content (AvgIpc) is 2.78. The lowest BCUT2D eigenvalue weighted by atomic mass is 10.1. The van der Waals surface area contributed by atoms with Crippen LogP contribution in [0.3, 0.4) is 0 Å². The van der Waals surface area contributed by atoms with Crippen LogP contribution in [0.5, 0.6) is 0 Å². The minimum Gasteiger partial charge on any atom is -0.481 e. The molecular formula is C16H22N2O3. The van der Waals surface area contributed by atoms with Gasteiger partial charge in [-0.3, -0.25) is 14.5 Å². The summed E-state index contributed by atoms with van der Waals surface area (Å²) in [4.78, 5) is 26.9. The normalized spacial score (nSPS) is 17.1. The summed E-state index contributed by atoms with van der Waals surface area (Å²) in [6, 6.07) is 8.13. The second kappa shape index (κ2) is 6.72. The van der Waals surface area contributed by atoms with Crippen molar-refractivity contribution in [1.82, 2.24) is 4.90 Å². The van der Waals surface area contributed by atoms with Gasteiger partial charge in [0.15, 0.2) is 0 Å². The van der Waals surface area contributed by atoms with Crippen LogP contribution in [0.4, 0.5) is 5.69 Å². The first-order chi connectivity index (χ1) is 10.0. The Morgan fingerprint density at radius 1 is 1.38 bits per heavy atom. The van der Waals surface area contributed by atoms with Gasteiger partial charge in [-0.05, 0) is 31.5 Å². The maximum atomic E-state index is 12.6. The van der Waals surface area contributed by atoms with Crippen molar-refractivity contribution in [1.29, 1.82) is 0 Å². The number of amides is 1. The van der Waals surface area contributed by atoms with Crippen LogP contribution in [0.25, 0.3) is 0 Å². The lowest BCUT2D eigenvalue weighted by Gasteiger charge is -2.26. The first-order valence-electron chi connectivity index (χ1n) is 7.37. The van der Waals surface area contributed by atoms with Crippen molar-refractivity contribution in [2.24, 2.45) is 0 Å². The van der Waals surface area contributed by atoms with Gasteiger partial charge in [0, 0.05) is 18.3 Å². The number of benzene rings is 1. The molecular weight excluding hydrogens is 268 g/mol. The van der Waals surface area contributed by atoms with Gasteiger partial charge in [0.1, 0.15) is 0 Å². The van der Waals surface area contributed by atoms with Gasteiger partial charge in [-0.2, -0.15) is 0 Å². The number of nitrogens with zero attached hydrogens (tertiary/aromatic N) is 2. The average molecular weight is 290 g/mol. The molecule has 0 fully saturated rings. The Labute approximate surface area is 125 Å². The largest absolute Gasteiger partial charge is 0.481 e. The molecule has 5 heteroatoms. The van der Waals surface area contributed by atoms with Gasteiger partial charge in [0.05, 0.1) is 13.0 Å². The second-order valence-corrected chi connectivity index (χ2v) is 5.46. The Hall–Kier alpha value is -1.88. The quantitative estimate of drug-likeness (QED) is 0.867. The molecule has 2 rings (SSSR count). The molecule has 1 aromatic carbocycles. The Bertz CT molecular complexity index is 530. The van der Waals surface area contributed by atoms with Crippen LogP contribution >= 0.6 is 0 Å². The van der Waals surface area contributed by atoms with Gasteiger partial charge < -0.3 is 10.0 Å². The standard InChI is InChI=1S/C16H22N2O3/c1-3-17(9-8-16(20)21)11-15(19)18-12(2)10-13-6-4-5-7-14(13)18/h4-7,12H,3,8-11H2,1-2H3,(H,20,21). The predicted molar refractivity (Wildman–Crippen MR) is 81.5 cm³/mol. The first-order valence-corrected chi connectivity index (χ1v) is 7.37. The number of likely N-dealkylation sites (N-methyl/N-ethyl adjacent to an activating group) is 1. The number of anilines is 1. The molecule has 21 heavy (non-hydrogen) atoms. The zero-order chi connectivity index (χ0) is 15.4. The van der Waals surface area contributed by atoms with Crippen LogP contribution in [-0.4, -0.2) is 47.6 Å². The zero-order valence-corrected chi connectivity index (χ0v) is 12.6. The molecule has 0 saturated heterocycles. The summed E-state index contributed by atoms with van der Waals surface area (Å²) in [6.07, 6.45) is 0.941. The monoisotopic (exact) mass is 290 g/mol. The zero-order valence-electron chi connectivity index (χ0n) is 12.6. The summed E-state index contributed by atoms with van der Waals surface area (Å²) < 4.78 is 0.